The van der Waals surface area contributed by atoms with E-state index in [2.05, 4.69) is 4.98 Å². The summed E-state index contributed by atoms with van der Waals surface area (Å²) in [7, 11) is 1.58. The number of thioether (sulfide) groups is 1. The maximum atomic E-state index is 12.1. The van der Waals surface area contributed by atoms with E-state index in [1.807, 2.05) is 30.3 Å². The van der Waals surface area contributed by atoms with Crippen LogP contribution in [0.15, 0.2) is 53.7 Å². The van der Waals surface area contributed by atoms with Crippen molar-refractivity contribution < 1.29 is 9.53 Å². The molecule has 0 spiro atoms. The van der Waals surface area contributed by atoms with E-state index in [9.17, 15) is 4.79 Å². The Hall–Kier alpha value is -1.81. The molecular weight excluding hydrogens is 258 g/mol. The van der Waals surface area contributed by atoms with Gasteiger partial charge in [-0.25, -0.2) is 4.98 Å². The number of carbonyl (C=O) groups excluding carboxylic acids is 1. The zero-order valence-electron chi connectivity index (χ0n) is 10.7. The summed E-state index contributed by atoms with van der Waals surface area (Å²) in [6.07, 6.45) is 2.23. The van der Waals surface area contributed by atoms with Gasteiger partial charge in [0, 0.05) is 18.4 Å². The Bertz CT molecular complexity index is 543. The van der Waals surface area contributed by atoms with Crippen LogP contribution in [0.3, 0.4) is 0 Å². The van der Waals surface area contributed by atoms with Crippen molar-refractivity contribution in [2.24, 2.45) is 0 Å². The van der Waals surface area contributed by atoms with Crippen molar-refractivity contribution in [3.05, 3.63) is 54.2 Å². The van der Waals surface area contributed by atoms with E-state index in [1.54, 1.807) is 37.2 Å². The van der Waals surface area contributed by atoms with Crippen LogP contribution in [0, 0.1) is 0 Å². The van der Waals surface area contributed by atoms with Gasteiger partial charge in [0.2, 0.25) is 0 Å². The lowest BCUT2D eigenvalue weighted by Crippen LogP contribution is -2.03. The molecule has 2 aromatic rings. The summed E-state index contributed by atoms with van der Waals surface area (Å²) >= 11 is 1.58. The standard InChI is InChI=1S/C15H15NO2S/c1-18-14-7-3-2-6-12(14)13(17)9-11-19-15-8-4-5-10-16-15/h2-8,10H,9,11H2,1H3. The number of rotatable bonds is 6. The molecule has 3 nitrogen and oxygen atoms in total. The fourth-order valence-corrected chi connectivity index (χ4v) is 2.50. The van der Waals surface area contributed by atoms with Gasteiger partial charge in [-0.2, -0.15) is 0 Å². The molecule has 98 valence electrons. The number of carbonyl (C=O) groups is 1. The maximum Gasteiger partial charge on any atom is 0.167 e. The number of benzene rings is 1. The summed E-state index contributed by atoms with van der Waals surface area (Å²) in [5.41, 5.74) is 0.645. The molecule has 4 heteroatoms. The topological polar surface area (TPSA) is 39.2 Å². The van der Waals surface area contributed by atoms with E-state index in [4.69, 9.17) is 4.74 Å². The highest BCUT2D eigenvalue weighted by Crippen LogP contribution is 2.21. The maximum absolute atomic E-state index is 12.1. The molecule has 0 saturated carbocycles. The van der Waals surface area contributed by atoms with E-state index in [1.165, 1.54) is 0 Å². The second kappa shape index (κ2) is 6.95. The smallest absolute Gasteiger partial charge is 0.167 e. The fraction of sp³-hybridized carbons (Fsp3) is 0.200. The van der Waals surface area contributed by atoms with Crippen molar-refractivity contribution in [3.8, 4) is 5.75 Å². The average Bonchev–Trinajstić information content (AvgIpc) is 2.48. The summed E-state index contributed by atoms with van der Waals surface area (Å²) in [5, 5.41) is 0.940. The molecule has 0 aliphatic carbocycles. The van der Waals surface area contributed by atoms with Gasteiger partial charge in [-0.1, -0.05) is 18.2 Å². The molecule has 0 aliphatic heterocycles. The largest absolute Gasteiger partial charge is 0.496 e. The highest BCUT2D eigenvalue weighted by atomic mass is 32.2. The first kappa shape index (κ1) is 13.6. The minimum Gasteiger partial charge on any atom is -0.496 e. The minimum absolute atomic E-state index is 0.0980. The minimum atomic E-state index is 0.0980. The first-order chi connectivity index (χ1) is 9.31. The molecule has 0 saturated heterocycles. The van der Waals surface area contributed by atoms with E-state index >= 15 is 0 Å². The van der Waals surface area contributed by atoms with Crippen LogP contribution in [0.4, 0.5) is 0 Å². The molecule has 0 N–H and O–H groups in total. The molecule has 0 aliphatic rings. The predicted octanol–water partition coefficient (Wildman–Crippen LogP) is 3.46. The van der Waals surface area contributed by atoms with Gasteiger partial charge in [0.15, 0.2) is 5.78 Å². The summed E-state index contributed by atoms with van der Waals surface area (Å²) < 4.78 is 5.19. The molecule has 1 heterocycles. The van der Waals surface area contributed by atoms with Crippen LogP contribution in [0.1, 0.15) is 16.8 Å². The average molecular weight is 273 g/mol. The molecule has 19 heavy (non-hydrogen) atoms. The highest BCUT2D eigenvalue weighted by Gasteiger charge is 2.11. The van der Waals surface area contributed by atoms with Crippen LogP contribution in [0.2, 0.25) is 0 Å². The first-order valence-corrected chi connectivity index (χ1v) is 7.00. The van der Waals surface area contributed by atoms with E-state index in [0.717, 1.165) is 5.03 Å². The SMILES string of the molecule is COc1ccccc1C(=O)CCSc1ccccn1. The van der Waals surface area contributed by atoms with Crippen LogP contribution in [0.5, 0.6) is 5.75 Å². The van der Waals surface area contributed by atoms with E-state index in [0.29, 0.717) is 23.5 Å². The van der Waals surface area contributed by atoms with Crippen LogP contribution < -0.4 is 4.74 Å². The Balaban J connectivity index is 1.91. The number of nitrogens with zero attached hydrogens (tertiary/aromatic N) is 1. The van der Waals surface area contributed by atoms with Crippen molar-refractivity contribution >= 4 is 17.5 Å². The van der Waals surface area contributed by atoms with Crippen molar-refractivity contribution in [2.75, 3.05) is 12.9 Å². The van der Waals surface area contributed by atoms with E-state index in [-0.39, 0.29) is 5.78 Å². The van der Waals surface area contributed by atoms with Gasteiger partial charge in [-0.3, -0.25) is 4.79 Å². The van der Waals surface area contributed by atoms with Gasteiger partial charge >= 0.3 is 0 Å². The molecule has 1 aromatic carbocycles. The van der Waals surface area contributed by atoms with Crippen molar-refractivity contribution in [1.82, 2.24) is 4.98 Å². The van der Waals surface area contributed by atoms with Crippen LogP contribution >= 0.6 is 11.8 Å². The van der Waals surface area contributed by atoms with Gasteiger partial charge in [-0.15, -0.1) is 11.8 Å². The van der Waals surface area contributed by atoms with Crippen molar-refractivity contribution in [1.29, 1.82) is 0 Å². The predicted molar refractivity (Wildman–Crippen MR) is 76.9 cm³/mol. The third kappa shape index (κ3) is 3.83. The molecule has 0 radical (unpaired) electrons. The Morgan fingerprint density at radius 3 is 2.74 bits per heavy atom. The molecule has 0 atom stereocenters. The Labute approximate surface area is 117 Å². The second-order valence-corrected chi connectivity index (χ2v) is 5.01. The molecular formula is C15H15NO2S. The van der Waals surface area contributed by atoms with Crippen LogP contribution in [-0.4, -0.2) is 23.6 Å². The number of aromatic nitrogens is 1. The van der Waals surface area contributed by atoms with Crippen molar-refractivity contribution in [3.63, 3.8) is 0 Å². The third-order valence-electron chi connectivity index (χ3n) is 2.62. The van der Waals surface area contributed by atoms with Crippen LogP contribution in [-0.2, 0) is 0 Å². The van der Waals surface area contributed by atoms with Crippen molar-refractivity contribution in [2.45, 2.75) is 11.4 Å². The molecule has 2 rings (SSSR count). The lowest BCUT2D eigenvalue weighted by molar-refractivity contribution is 0.0986. The van der Waals surface area contributed by atoms with Gasteiger partial charge in [0.05, 0.1) is 17.7 Å². The zero-order valence-corrected chi connectivity index (χ0v) is 11.5. The zero-order chi connectivity index (χ0) is 13.5. The quantitative estimate of drug-likeness (QED) is 0.597. The number of hydrogen-bond donors (Lipinski definition) is 0. The molecule has 0 bridgehead atoms. The molecule has 0 unspecified atom stereocenters. The van der Waals surface area contributed by atoms with Crippen LogP contribution in [0.25, 0.3) is 0 Å². The summed E-state index contributed by atoms with van der Waals surface area (Å²) in [4.78, 5) is 16.3. The third-order valence-corrected chi connectivity index (χ3v) is 3.57. The Morgan fingerprint density at radius 2 is 2.00 bits per heavy atom. The lowest BCUT2D eigenvalue weighted by atomic mass is 10.1. The summed E-state index contributed by atoms with van der Waals surface area (Å²) in [5.74, 6) is 1.45. The van der Waals surface area contributed by atoms with Gasteiger partial charge in [0.25, 0.3) is 0 Å². The van der Waals surface area contributed by atoms with E-state index < -0.39 is 0 Å². The number of ether oxygens (including phenoxy) is 1. The Kier molecular flexibility index (Phi) is 4.98. The number of Topliss-reactive ketones (excluding diaryl/α,β-unsaturated/α-hetero) is 1. The monoisotopic (exact) mass is 273 g/mol. The molecule has 1 aromatic heterocycles. The van der Waals surface area contributed by atoms with Gasteiger partial charge < -0.3 is 4.74 Å². The highest BCUT2D eigenvalue weighted by molar-refractivity contribution is 7.99. The first-order valence-electron chi connectivity index (χ1n) is 6.01. The summed E-state index contributed by atoms with van der Waals surface area (Å²) in [6.45, 7) is 0. The summed E-state index contributed by atoms with van der Waals surface area (Å²) in [6, 6.07) is 13.1. The number of ketones is 1. The molecule has 0 fully saturated rings. The Morgan fingerprint density at radius 1 is 1.21 bits per heavy atom. The molecule has 0 amide bonds. The second-order valence-electron chi connectivity index (χ2n) is 3.89. The number of para-hydroxylation sites is 1. The van der Waals surface area contributed by atoms with Gasteiger partial charge in [-0.05, 0) is 24.3 Å². The number of pyridine rings is 1. The normalized spacial score (nSPS) is 10.2. The van der Waals surface area contributed by atoms with Gasteiger partial charge in [0.1, 0.15) is 5.75 Å². The lowest BCUT2D eigenvalue weighted by Gasteiger charge is -2.06. The fourth-order valence-electron chi connectivity index (χ4n) is 1.69. The number of hydrogen-bond acceptors (Lipinski definition) is 4. The number of methoxy groups -OCH3 is 1.